The van der Waals surface area contributed by atoms with Crippen LogP contribution in [0.3, 0.4) is 0 Å². The summed E-state index contributed by atoms with van der Waals surface area (Å²) >= 11 is 6.23. The van der Waals surface area contributed by atoms with Gasteiger partial charge in [0, 0.05) is 18.8 Å². The minimum atomic E-state index is -0.725. The van der Waals surface area contributed by atoms with E-state index in [1.165, 1.54) is 19.3 Å². The fourth-order valence-electron chi connectivity index (χ4n) is 2.52. The van der Waals surface area contributed by atoms with Crippen molar-refractivity contribution in [2.75, 3.05) is 18.0 Å². The number of hydrogen-bond donors (Lipinski definition) is 2. The third-order valence-electron chi connectivity index (χ3n) is 3.60. The predicted octanol–water partition coefficient (Wildman–Crippen LogP) is 3.50. The molecule has 1 heterocycles. The van der Waals surface area contributed by atoms with Crippen molar-refractivity contribution in [3.63, 3.8) is 0 Å². The molecule has 0 saturated carbocycles. The van der Waals surface area contributed by atoms with Gasteiger partial charge in [0.15, 0.2) is 0 Å². The summed E-state index contributed by atoms with van der Waals surface area (Å²) in [4.78, 5) is 26.0. The Morgan fingerprint density at radius 1 is 1.12 bits per heavy atom. The van der Waals surface area contributed by atoms with Crippen molar-refractivity contribution in [1.82, 2.24) is 10.9 Å². The summed E-state index contributed by atoms with van der Waals surface area (Å²) in [5.74, 6) is -0.490. The molecule has 1 aliphatic rings. The SMILES string of the molecule is CC(C)(C)OC(=O)NNC(=O)c1ccc(N2CCCCC2)cc1Cl. The Labute approximate surface area is 147 Å². The lowest BCUT2D eigenvalue weighted by Crippen LogP contribution is -2.44. The lowest BCUT2D eigenvalue weighted by atomic mass is 10.1. The lowest BCUT2D eigenvalue weighted by Gasteiger charge is -2.29. The molecule has 1 fully saturated rings. The molecule has 1 aliphatic heterocycles. The number of rotatable bonds is 2. The first kappa shape index (κ1) is 18.4. The van der Waals surface area contributed by atoms with Crippen LogP contribution in [0.15, 0.2) is 18.2 Å². The number of carbonyl (C=O) groups excluding carboxylic acids is 2. The molecule has 2 N–H and O–H groups in total. The van der Waals surface area contributed by atoms with Crippen molar-refractivity contribution in [3.8, 4) is 0 Å². The average Bonchev–Trinajstić information content (AvgIpc) is 2.52. The van der Waals surface area contributed by atoms with E-state index in [1.807, 2.05) is 6.07 Å². The highest BCUT2D eigenvalue weighted by molar-refractivity contribution is 6.34. The fraction of sp³-hybridized carbons (Fsp3) is 0.529. The van der Waals surface area contributed by atoms with Gasteiger partial charge in [0.1, 0.15) is 5.60 Å². The summed E-state index contributed by atoms with van der Waals surface area (Å²) < 4.78 is 5.05. The molecule has 1 aromatic carbocycles. The molecular weight excluding hydrogens is 330 g/mol. The Morgan fingerprint density at radius 3 is 2.38 bits per heavy atom. The molecule has 132 valence electrons. The second-order valence-electron chi connectivity index (χ2n) is 6.79. The predicted molar refractivity (Wildman–Crippen MR) is 94.4 cm³/mol. The molecule has 1 aromatic rings. The van der Waals surface area contributed by atoms with Crippen LogP contribution in [0.2, 0.25) is 5.02 Å². The highest BCUT2D eigenvalue weighted by Gasteiger charge is 2.18. The Hall–Kier alpha value is -1.95. The number of ether oxygens (including phenoxy) is 1. The van der Waals surface area contributed by atoms with E-state index in [9.17, 15) is 9.59 Å². The number of nitrogens with zero attached hydrogens (tertiary/aromatic N) is 1. The highest BCUT2D eigenvalue weighted by atomic mass is 35.5. The standard InChI is InChI=1S/C17H24ClN3O3/c1-17(2,3)24-16(23)20-19-15(22)13-8-7-12(11-14(13)18)21-9-5-4-6-10-21/h7-8,11H,4-6,9-10H2,1-3H3,(H,19,22)(H,20,23). The second-order valence-corrected chi connectivity index (χ2v) is 7.20. The van der Waals surface area contributed by atoms with E-state index in [0.29, 0.717) is 10.6 Å². The molecule has 7 heteroatoms. The fourth-order valence-corrected chi connectivity index (χ4v) is 2.78. The van der Waals surface area contributed by atoms with E-state index in [1.54, 1.807) is 32.9 Å². The first-order valence-electron chi connectivity index (χ1n) is 8.10. The van der Waals surface area contributed by atoms with Crippen LogP contribution in [0.5, 0.6) is 0 Å². The van der Waals surface area contributed by atoms with E-state index in [2.05, 4.69) is 15.8 Å². The van der Waals surface area contributed by atoms with Crippen LogP contribution in [0, 0.1) is 0 Å². The third kappa shape index (κ3) is 5.30. The third-order valence-corrected chi connectivity index (χ3v) is 3.91. The van der Waals surface area contributed by atoms with Gasteiger partial charge in [-0.2, -0.15) is 0 Å². The number of hydrazine groups is 1. The first-order valence-corrected chi connectivity index (χ1v) is 8.48. The van der Waals surface area contributed by atoms with Crippen LogP contribution in [-0.4, -0.2) is 30.7 Å². The molecule has 2 rings (SSSR count). The maximum Gasteiger partial charge on any atom is 0.426 e. The molecule has 24 heavy (non-hydrogen) atoms. The van der Waals surface area contributed by atoms with Gasteiger partial charge in [-0.1, -0.05) is 11.6 Å². The van der Waals surface area contributed by atoms with Gasteiger partial charge in [-0.25, -0.2) is 10.2 Å². The van der Waals surface area contributed by atoms with Gasteiger partial charge < -0.3 is 9.64 Å². The van der Waals surface area contributed by atoms with Crippen LogP contribution >= 0.6 is 11.6 Å². The van der Waals surface area contributed by atoms with Gasteiger partial charge in [0.2, 0.25) is 0 Å². The van der Waals surface area contributed by atoms with Crippen LogP contribution in [0.1, 0.15) is 50.4 Å². The summed E-state index contributed by atoms with van der Waals surface area (Å²) in [6.07, 6.45) is 2.86. The van der Waals surface area contributed by atoms with Crippen molar-refractivity contribution in [1.29, 1.82) is 0 Å². The zero-order valence-corrected chi connectivity index (χ0v) is 15.1. The molecule has 2 amide bonds. The molecule has 1 saturated heterocycles. The number of halogens is 1. The minimum absolute atomic E-state index is 0.300. The molecule has 0 spiro atoms. The number of piperidine rings is 1. The lowest BCUT2D eigenvalue weighted by molar-refractivity contribution is 0.0483. The molecule has 0 atom stereocenters. The highest BCUT2D eigenvalue weighted by Crippen LogP contribution is 2.26. The summed E-state index contributed by atoms with van der Waals surface area (Å²) in [6.45, 7) is 7.23. The maximum atomic E-state index is 12.1. The van der Waals surface area contributed by atoms with E-state index >= 15 is 0 Å². The zero-order valence-electron chi connectivity index (χ0n) is 14.3. The van der Waals surface area contributed by atoms with E-state index in [0.717, 1.165) is 18.8 Å². The first-order chi connectivity index (χ1) is 11.3. The number of benzene rings is 1. The van der Waals surface area contributed by atoms with Gasteiger partial charge in [-0.05, 0) is 58.2 Å². The smallest absolute Gasteiger partial charge is 0.426 e. The van der Waals surface area contributed by atoms with Gasteiger partial charge in [-0.3, -0.25) is 10.2 Å². The van der Waals surface area contributed by atoms with Crippen LogP contribution in [0.4, 0.5) is 10.5 Å². The van der Waals surface area contributed by atoms with Crippen molar-refractivity contribution in [2.24, 2.45) is 0 Å². The van der Waals surface area contributed by atoms with Crippen LogP contribution in [-0.2, 0) is 4.74 Å². The molecule has 0 aromatic heterocycles. The number of anilines is 1. The Balaban J connectivity index is 1.96. The largest absolute Gasteiger partial charge is 0.443 e. The summed E-state index contributed by atoms with van der Waals surface area (Å²) in [6, 6.07) is 5.33. The molecule has 0 aliphatic carbocycles. The summed E-state index contributed by atoms with van der Waals surface area (Å²) in [5, 5.41) is 0.349. The maximum absolute atomic E-state index is 12.1. The van der Waals surface area contributed by atoms with Gasteiger partial charge in [0.05, 0.1) is 10.6 Å². The Kier molecular flexibility index (Phi) is 5.94. The molecule has 0 bridgehead atoms. The van der Waals surface area contributed by atoms with Crippen LogP contribution in [0.25, 0.3) is 0 Å². The molecule has 6 nitrogen and oxygen atoms in total. The molecule has 0 unspecified atom stereocenters. The Morgan fingerprint density at radius 2 is 1.79 bits per heavy atom. The van der Waals surface area contributed by atoms with Gasteiger partial charge in [0.25, 0.3) is 5.91 Å². The van der Waals surface area contributed by atoms with E-state index in [-0.39, 0.29) is 0 Å². The van der Waals surface area contributed by atoms with E-state index in [4.69, 9.17) is 16.3 Å². The number of amides is 2. The monoisotopic (exact) mass is 353 g/mol. The van der Waals surface area contributed by atoms with E-state index < -0.39 is 17.6 Å². The molecular formula is C17H24ClN3O3. The zero-order chi connectivity index (χ0) is 17.7. The van der Waals surface area contributed by atoms with Gasteiger partial charge >= 0.3 is 6.09 Å². The van der Waals surface area contributed by atoms with Crippen molar-refractivity contribution in [2.45, 2.75) is 45.6 Å². The normalized spacial score (nSPS) is 14.9. The van der Waals surface area contributed by atoms with Gasteiger partial charge in [-0.15, -0.1) is 0 Å². The average molecular weight is 354 g/mol. The topological polar surface area (TPSA) is 70.7 Å². The van der Waals surface area contributed by atoms with Crippen molar-refractivity contribution >= 4 is 29.3 Å². The number of nitrogens with one attached hydrogen (secondary N) is 2. The van der Waals surface area contributed by atoms with Crippen molar-refractivity contribution < 1.29 is 14.3 Å². The summed E-state index contributed by atoms with van der Waals surface area (Å²) in [5.41, 5.74) is 5.19. The minimum Gasteiger partial charge on any atom is -0.443 e. The second kappa shape index (κ2) is 7.75. The van der Waals surface area contributed by atoms with Crippen molar-refractivity contribution in [3.05, 3.63) is 28.8 Å². The number of hydrogen-bond acceptors (Lipinski definition) is 4. The number of carbonyl (C=O) groups is 2. The quantitative estimate of drug-likeness (QED) is 0.798. The summed E-state index contributed by atoms with van der Waals surface area (Å²) in [7, 11) is 0. The molecule has 0 radical (unpaired) electrons. The van der Waals surface area contributed by atoms with Crippen LogP contribution < -0.4 is 15.8 Å². The Bertz CT molecular complexity index is 608.